The van der Waals surface area contributed by atoms with Crippen molar-refractivity contribution in [3.05, 3.63) is 0 Å². The lowest BCUT2D eigenvalue weighted by molar-refractivity contribution is -0.128. The molecule has 5 heteroatoms. The number of amides is 1. The van der Waals surface area contributed by atoms with Gasteiger partial charge >= 0.3 is 0 Å². The quantitative estimate of drug-likeness (QED) is 0.655. The predicted octanol–water partition coefficient (Wildman–Crippen LogP) is -0.608. The SMILES string of the molecule is CCC[C@H](N)C(=O)NN1CCN(C)CC1. The maximum atomic E-state index is 11.6. The third-order valence-electron chi connectivity index (χ3n) is 2.71. The van der Waals surface area contributed by atoms with E-state index in [0.29, 0.717) is 0 Å². The minimum Gasteiger partial charge on any atom is -0.320 e. The van der Waals surface area contributed by atoms with Crippen molar-refractivity contribution in [2.75, 3.05) is 33.2 Å². The Morgan fingerprint density at radius 2 is 2.00 bits per heavy atom. The number of nitrogens with zero attached hydrogens (tertiary/aromatic N) is 2. The zero-order valence-electron chi connectivity index (χ0n) is 9.70. The molecule has 3 N–H and O–H groups in total. The monoisotopic (exact) mass is 214 g/mol. The molecule has 0 bridgehead atoms. The second-order valence-electron chi connectivity index (χ2n) is 4.16. The lowest BCUT2D eigenvalue weighted by Gasteiger charge is -2.32. The van der Waals surface area contributed by atoms with Crippen molar-refractivity contribution in [1.29, 1.82) is 0 Å². The molecule has 1 aliphatic rings. The van der Waals surface area contributed by atoms with E-state index < -0.39 is 0 Å². The summed E-state index contributed by atoms with van der Waals surface area (Å²) in [5.74, 6) is -0.0543. The Bertz CT molecular complexity index is 202. The summed E-state index contributed by atoms with van der Waals surface area (Å²) < 4.78 is 0. The lowest BCUT2D eigenvalue weighted by atomic mass is 10.2. The van der Waals surface area contributed by atoms with Gasteiger partial charge < -0.3 is 10.6 Å². The summed E-state index contributed by atoms with van der Waals surface area (Å²) in [7, 11) is 2.09. The molecule has 1 amide bonds. The molecule has 0 unspecified atom stereocenters. The first kappa shape index (κ1) is 12.4. The number of nitrogens with two attached hydrogens (primary N) is 1. The van der Waals surface area contributed by atoms with Crippen LogP contribution in [0.2, 0.25) is 0 Å². The largest absolute Gasteiger partial charge is 0.320 e. The van der Waals surface area contributed by atoms with Crippen molar-refractivity contribution < 1.29 is 4.79 Å². The van der Waals surface area contributed by atoms with Gasteiger partial charge in [0.25, 0.3) is 5.91 Å². The van der Waals surface area contributed by atoms with Gasteiger partial charge in [0.2, 0.25) is 0 Å². The summed E-state index contributed by atoms with van der Waals surface area (Å²) in [4.78, 5) is 13.8. The normalized spacial score (nSPS) is 21.3. The van der Waals surface area contributed by atoms with Gasteiger partial charge in [-0.15, -0.1) is 0 Å². The summed E-state index contributed by atoms with van der Waals surface area (Å²) in [5, 5.41) is 1.96. The molecule has 0 aromatic carbocycles. The van der Waals surface area contributed by atoms with Gasteiger partial charge in [-0.2, -0.15) is 0 Å². The first-order valence-electron chi connectivity index (χ1n) is 5.63. The van der Waals surface area contributed by atoms with Crippen LogP contribution in [-0.2, 0) is 4.79 Å². The van der Waals surface area contributed by atoms with E-state index in [-0.39, 0.29) is 11.9 Å². The van der Waals surface area contributed by atoms with Gasteiger partial charge in [-0.1, -0.05) is 13.3 Å². The molecule has 0 radical (unpaired) electrons. The summed E-state index contributed by atoms with van der Waals surface area (Å²) >= 11 is 0. The van der Waals surface area contributed by atoms with E-state index >= 15 is 0 Å². The van der Waals surface area contributed by atoms with Crippen LogP contribution >= 0.6 is 0 Å². The summed E-state index contributed by atoms with van der Waals surface area (Å²) in [6.07, 6.45) is 1.69. The predicted molar refractivity (Wildman–Crippen MR) is 60.1 cm³/mol. The average molecular weight is 214 g/mol. The molecule has 0 aromatic heterocycles. The smallest absolute Gasteiger partial charge is 0.251 e. The highest BCUT2D eigenvalue weighted by molar-refractivity contribution is 5.80. The molecule has 0 spiro atoms. The summed E-state index contributed by atoms with van der Waals surface area (Å²) in [6, 6.07) is -0.366. The van der Waals surface area contributed by atoms with Crippen molar-refractivity contribution in [3.8, 4) is 0 Å². The van der Waals surface area contributed by atoms with Crippen LogP contribution < -0.4 is 11.2 Å². The van der Waals surface area contributed by atoms with Crippen LogP contribution in [0.3, 0.4) is 0 Å². The molecule has 1 atom stereocenters. The standard InChI is InChI=1S/C10H22N4O/c1-3-4-9(11)10(15)12-14-7-5-13(2)6-8-14/h9H,3-8,11H2,1-2H3,(H,12,15)/t9-/m0/s1. The Morgan fingerprint density at radius 3 is 2.53 bits per heavy atom. The fraction of sp³-hybridized carbons (Fsp3) is 0.900. The Kier molecular flexibility index (Phi) is 5.01. The maximum Gasteiger partial charge on any atom is 0.251 e. The number of piperazine rings is 1. The highest BCUT2D eigenvalue weighted by atomic mass is 16.2. The number of rotatable bonds is 4. The van der Waals surface area contributed by atoms with Gasteiger partial charge in [0, 0.05) is 26.2 Å². The van der Waals surface area contributed by atoms with Gasteiger partial charge in [0.15, 0.2) is 0 Å². The number of carbonyl (C=O) groups is 1. The van der Waals surface area contributed by atoms with E-state index in [1.165, 1.54) is 0 Å². The molecule has 1 heterocycles. The molecular weight excluding hydrogens is 192 g/mol. The van der Waals surface area contributed by atoms with Crippen LogP contribution in [0.1, 0.15) is 19.8 Å². The van der Waals surface area contributed by atoms with Crippen molar-refractivity contribution >= 4 is 5.91 Å². The lowest BCUT2D eigenvalue weighted by Crippen LogP contribution is -2.55. The zero-order valence-corrected chi connectivity index (χ0v) is 9.70. The second kappa shape index (κ2) is 6.05. The first-order valence-corrected chi connectivity index (χ1v) is 5.63. The number of hydrazine groups is 1. The van der Waals surface area contributed by atoms with Crippen molar-refractivity contribution in [3.63, 3.8) is 0 Å². The fourth-order valence-corrected chi connectivity index (χ4v) is 1.60. The third-order valence-corrected chi connectivity index (χ3v) is 2.71. The third kappa shape index (κ3) is 4.15. The van der Waals surface area contributed by atoms with Crippen molar-refractivity contribution in [2.24, 2.45) is 5.73 Å². The van der Waals surface area contributed by atoms with E-state index in [4.69, 9.17) is 5.73 Å². The molecule has 5 nitrogen and oxygen atoms in total. The molecule has 0 aliphatic carbocycles. The Hall–Kier alpha value is -0.650. The fourth-order valence-electron chi connectivity index (χ4n) is 1.60. The van der Waals surface area contributed by atoms with Gasteiger partial charge in [-0.3, -0.25) is 10.2 Å². The number of nitrogens with one attached hydrogen (secondary N) is 1. The number of hydrogen-bond acceptors (Lipinski definition) is 4. The van der Waals surface area contributed by atoms with E-state index in [1.54, 1.807) is 0 Å². The van der Waals surface area contributed by atoms with E-state index in [2.05, 4.69) is 17.4 Å². The van der Waals surface area contributed by atoms with Crippen LogP contribution in [0.25, 0.3) is 0 Å². The summed E-state index contributed by atoms with van der Waals surface area (Å²) in [6.45, 7) is 5.76. The van der Waals surface area contributed by atoms with E-state index in [0.717, 1.165) is 39.0 Å². The maximum absolute atomic E-state index is 11.6. The van der Waals surface area contributed by atoms with Gasteiger partial charge in [0.1, 0.15) is 0 Å². The van der Waals surface area contributed by atoms with Crippen LogP contribution in [0, 0.1) is 0 Å². The molecule has 0 aromatic rings. The molecule has 0 saturated carbocycles. The van der Waals surface area contributed by atoms with Crippen LogP contribution in [0.4, 0.5) is 0 Å². The first-order chi connectivity index (χ1) is 7.13. The van der Waals surface area contributed by atoms with Crippen LogP contribution in [0.5, 0.6) is 0 Å². The second-order valence-corrected chi connectivity index (χ2v) is 4.16. The Balaban J connectivity index is 2.25. The molecule has 1 fully saturated rings. The van der Waals surface area contributed by atoms with Crippen molar-refractivity contribution in [1.82, 2.24) is 15.3 Å². The van der Waals surface area contributed by atoms with E-state index in [1.807, 2.05) is 11.9 Å². The topological polar surface area (TPSA) is 61.6 Å². The molecule has 1 saturated heterocycles. The minimum absolute atomic E-state index is 0.0543. The number of hydrogen-bond donors (Lipinski definition) is 2. The molecule has 1 rings (SSSR count). The average Bonchev–Trinajstić information content (AvgIpc) is 2.22. The molecule has 15 heavy (non-hydrogen) atoms. The highest BCUT2D eigenvalue weighted by Crippen LogP contribution is 1.98. The van der Waals surface area contributed by atoms with Gasteiger partial charge in [0.05, 0.1) is 6.04 Å². The Morgan fingerprint density at radius 1 is 1.40 bits per heavy atom. The number of likely N-dealkylation sites (N-methyl/N-ethyl adjacent to an activating group) is 1. The molecule has 1 aliphatic heterocycles. The molecular formula is C10H22N4O. The highest BCUT2D eigenvalue weighted by Gasteiger charge is 2.18. The molecule has 88 valence electrons. The zero-order chi connectivity index (χ0) is 11.3. The van der Waals surface area contributed by atoms with Gasteiger partial charge in [-0.25, -0.2) is 5.01 Å². The van der Waals surface area contributed by atoms with Crippen LogP contribution in [-0.4, -0.2) is 55.1 Å². The van der Waals surface area contributed by atoms with Crippen LogP contribution in [0.15, 0.2) is 0 Å². The number of carbonyl (C=O) groups excluding carboxylic acids is 1. The minimum atomic E-state index is -0.366. The van der Waals surface area contributed by atoms with Gasteiger partial charge in [-0.05, 0) is 13.5 Å². The van der Waals surface area contributed by atoms with E-state index in [9.17, 15) is 4.79 Å². The summed E-state index contributed by atoms with van der Waals surface area (Å²) in [5.41, 5.74) is 8.59. The Labute approximate surface area is 91.6 Å². The van der Waals surface area contributed by atoms with Crippen molar-refractivity contribution in [2.45, 2.75) is 25.8 Å².